The van der Waals surface area contributed by atoms with E-state index in [4.69, 9.17) is 15.2 Å². The summed E-state index contributed by atoms with van der Waals surface area (Å²) in [5, 5.41) is 0. The van der Waals surface area contributed by atoms with E-state index in [0.29, 0.717) is 31.1 Å². The van der Waals surface area contributed by atoms with Crippen molar-refractivity contribution < 1.29 is 13.9 Å². The maximum absolute atomic E-state index is 13.0. The van der Waals surface area contributed by atoms with Crippen LogP contribution in [0.25, 0.3) is 0 Å². The van der Waals surface area contributed by atoms with E-state index < -0.39 is 0 Å². The number of nitrogens with two attached hydrogens (primary N) is 1. The molecular formula is C12H18FNO2. The Bertz CT molecular complexity index is 329. The third kappa shape index (κ3) is 3.79. The van der Waals surface area contributed by atoms with Gasteiger partial charge in [-0.15, -0.1) is 0 Å². The smallest absolute Gasteiger partial charge is 0.124 e. The standard InChI is InChI=1S/C12H18FNO2/c1-3-15-6-7-16-12-5-4-10(13)8-11(12)9(2)14/h4-5,8-9H,3,6-7,14H2,1-2H3/t9-/m1/s1. The lowest BCUT2D eigenvalue weighted by molar-refractivity contribution is 0.109. The summed E-state index contributed by atoms with van der Waals surface area (Å²) in [5.74, 6) is 0.320. The van der Waals surface area contributed by atoms with Crippen molar-refractivity contribution in [3.8, 4) is 5.75 Å². The molecule has 4 heteroatoms. The molecule has 0 aliphatic heterocycles. The van der Waals surface area contributed by atoms with Gasteiger partial charge in [0.15, 0.2) is 0 Å². The molecule has 1 atom stereocenters. The molecule has 0 amide bonds. The fourth-order valence-electron chi connectivity index (χ4n) is 1.36. The second kappa shape index (κ2) is 6.45. The third-order valence-electron chi connectivity index (χ3n) is 2.15. The Balaban J connectivity index is 2.64. The quantitative estimate of drug-likeness (QED) is 0.758. The van der Waals surface area contributed by atoms with Crippen LogP contribution in [0.3, 0.4) is 0 Å². The lowest BCUT2D eigenvalue weighted by Gasteiger charge is -2.14. The maximum atomic E-state index is 13.0. The summed E-state index contributed by atoms with van der Waals surface area (Å²) in [7, 11) is 0. The van der Waals surface area contributed by atoms with Gasteiger partial charge in [-0.3, -0.25) is 0 Å². The van der Waals surface area contributed by atoms with E-state index in [1.165, 1.54) is 12.1 Å². The van der Waals surface area contributed by atoms with Crippen LogP contribution in [0.5, 0.6) is 5.75 Å². The minimum Gasteiger partial charge on any atom is -0.491 e. The lowest BCUT2D eigenvalue weighted by Crippen LogP contribution is -2.11. The van der Waals surface area contributed by atoms with Gasteiger partial charge in [-0.2, -0.15) is 0 Å². The van der Waals surface area contributed by atoms with Gasteiger partial charge in [0.05, 0.1) is 6.61 Å². The van der Waals surface area contributed by atoms with Gasteiger partial charge < -0.3 is 15.2 Å². The van der Waals surface area contributed by atoms with Gasteiger partial charge in [-0.05, 0) is 32.0 Å². The van der Waals surface area contributed by atoms with E-state index in [1.807, 2.05) is 6.92 Å². The summed E-state index contributed by atoms with van der Waals surface area (Å²) < 4.78 is 23.6. The number of hydrogen-bond acceptors (Lipinski definition) is 3. The van der Waals surface area contributed by atoms with E-state index in [2.05, 4.69) is 0 Å². The molecule has 0 heterocycles. The first-order chi connectivity index (χ1) is 7.65. The largest absolute Gasteiger partial charge is 0.491 e. The molecule has 90 valence electrons. The first-order valence-corrected chi connectivity index (χ1v) is 5.40. The SMILES string of the molecule is CCOCCOc1ccc(F)cc1[C@@H](C)N. The number of benzene rings is 1. The topological polar surface area (TPSA) is 44.5 Å². The molecule has 0 aliphatic carbocycles. The van der Waals surface area contributed by atoms with Gasteiger partial charge in [0, 0.05) is 18.2 Å². The average molecular weight is 227 g/mol. The van der Waals surface area contributed by atoms with Gasteiger partial charge in [-0.1, -0.05) is 0 Å². The molecule has 2 N–H and O–H groups in total. The summed E-state index contributed by atoms with van der Waals surface area (Å²) in [4.78, 5) is 0. The van der Waals surface area contributed by atoms with E-state index in [1.54, 1.807) is 13.0 Å². The zero-order chi connectivity index (χ0) is 12.0. The van der Waals surface area contributed by atoms with Crippen LogP contribution in [-0.4, -0.2) is 19.8 Å². The van der Waals surface area contributed by atoms with Gasteiger partial charge in [-0.25, -0.2) is 4.39 Å². The van der Waals surface area contributed by atoms with Crippen LogP contribution < -0.4 is 10.5 Å². The monoisotopic (exact) mass is 227 g/mol. The molecule has 1 aromatic carbocycles. The van der Waals surface area contributed by atoms with Crippen molar-refractivity contribution in [3.63, 3.8) is 0 Å². The van der Waals surface area contributed by atoms with Crippen molar-refractivity contribution in [2.45, 2.75) is 19.9 Å². The molecule has 16 heavy (non-hydrogen) atoms. The second-order valence-corrected chi connectivity index (χ2v) is 3.52. The van der Waals surface area contributed by atoms with Gasteiger partial charge >= 0.3 is 0 Å². The number of hydrogen-bond donors (Lipinski definition) is 1. The summed E-state index contributed by atoms with van der Waals surface area (Å²) in [6.45, 7) is 5.34. The highest BCUT2D eigenvalue weighted by Gasteiger charge is 2.09. The van der Waals surface area contributed by atoms with E-state index in [0.717, 1.165) is 0 Å². The van der Waals surface area contributed by atoms with Crippen LogP contribution in [0.4, 0.5) is 4.39 Å². The van der Waals surface area contributed by atoms with Crippen LogP contribution in [0.2, 0.25) is 0 Å². The van der Waals surface area contributed by atoms with Crippen molar-refractivity contribution in [1.29, 1.82) is 0 Å². The fourth-order valence-corrected chi connectivity index (χ4v) is 1.36. The minimum atomic E-state index is -0.301. The Hall–Kier alpha value is -1.13. The van der Waals surface area contributed by atoms with E-state index in [-0.39, 0.29) is 11.9 Å². The highest BCUT2D eigenvalue weighted by molar-refractivity contribution is 5.36. The molecule has 0 aliphatic rings. The second-order valence-electron chi connectivity index (χ2n) is 3.52. The molecule has 3 nitrogen and oxygen atoms in total. The van der Waals surface area contributed by atoms with Crippen LogP contribution in [-0.2, 0) is 4.74 Å². The number of ether oxygens (including phenoxy) is 2. The Morgan fingerprint density at radius 1 is 1.38 bits per heavy atom. The van der Waals surface area contributed by atoms with Crippen molar-refractivity contribution in [3.05, 3.63) is 29.6 Å². The molecule has 0 fully saturated rings. The Labute approximate surface area is 95.4 Å². The predicted molar refractivity (Wildman–Crippen MR) is 61.0 cm³/mol. The van der Waals surface area contributed by atoms with Crippen LogP contribution in [0.1, 0.15) is 25.5 Å². The zero-order valence-electron chi connectivity index (χ0n) is 9.70. The molecule has 0 saturated carbocycles. The highest BCUT2D eigenvalue weighted by atomic mass is 19.1. The normalized spacial score (nSPS) is 12.5. The average Bonchev–Trinajstić information content (AvgIpc) is 2.26. The van der Waals surface area contributed by atoms with Crippen LogP contribution >= 0.6 is 0 Å². The minimum absolute atomic E-state index is 0.252. The Morgan fingerprint density at radius 3 is 2.75 bits per heavy atom. The summed E-state index contributed by atoms with van der Waals surface area (Å²) in [5.41, 5.74) is 6.41. The molecule has 0 radical (unpaired) electrons. The Morgan fingerprint density at radius 2 is 2.12 bits per heavy atom. The molecule has 0 saturated heterocycles. The summed E-state index contributed by atoms with van der Waals surface area (Å²) >= 11 is 0. The maximum Gasteiger partial charge on any atom is 0.124 e. The highest BCUT2D eigenvalue weighted by Crippen LogP contribution is 2.24. The predicted octanol–water partition coefficient (Wildman–Crippen LogP) is 2.26. The first kappa shape index (κ1) is 12.9. The van der Waals surface area contributed by atoms with Gasteiger partial charge in [0.2, 0.25) is 0 Å². The van der Waals surface area contributed by atoms with Gasteiger partial charge in [0.1, 0.15) is 18.2 Å². The first-order valence-electron chi connectivity index (χ1n) is 5.40. The third-order valence-corrected chi connectivity index (χ3v) is 2.15. The van der Waals surface area contributed by atoms with Crippen LogP contribution in [0.15, 0.2) is 18.2 Å². The van der Waals surface area contributed by atoms with Crippen LogP contribution in [0, 0.1) is 5.82 Å². The van der Waals surface area contributed by atoms with Crippen molar-refractivity contribution >= 4 is 0 Å². The van der Waals surface area contributed by atoms with Crippen molar-refractivity contribution in [2.75, 3.05) is 19.8 Å². The zero-order valence-corrected chi connectivity index (χ0v) is 9.70. The molecule has 1 rings (SSSR count). The molecular weight excluding hydrogens is 209 g/mol. The molecule has 0 aromatic heterocycles. The number of rotatable bonds is 6. The fraction of sp³-hybridized carbons (Fsp3) is 0.500. The Kier molecular flexibility index (Phi) is 5.22. The lowest BCUT2D eigenvalue weighted by atomic mass is 10.1. The van der Waals surface area contributed by atoms with Crippen molar-refractivity contribution in [1.82, 2.24) is 0 Å². The molecule has 0 spiro atoms. The van der Waals surface area contributed by atoms with E-state index >= 15 is 0 Å². The van der Waals surface area contributed by atoms with Gasteiger partial charge in [0.25, 0.3) is 0 Å². The number of halogens is 1. The molecule has 0 unspecified atom stereocenters. The van der Waals surface area contributed by atoms with E-state index in [9.17, 15) is 4.39 Å². The summed E-state index contributed by atoms with van der Waals surface area (Å²) in [6.07, 6.45) is 0. The molecule has 0 bridgehead atoms. The van der Waals surface area contributed by atoms with Crippen molar-refractivity contribution in [2.24, 2.45) is 5.73 Å². The summed E-state index contributed by atoms with van der Waals surface area (Å²) in [6, 6.07) is 4.11. The molecule has 1 aromatic rings.